The van der Waals surface area contributed by atoms with Gasteiger partial charge in [-0.3, -0.25) is 4.79 Å². The van der Waals surface area contributed by atoms with Crippen LogP contribution in [-0.4, -0.2) is 22.1 Å². The van der Waals surface area contributed by atoms with Gasteiger partial charge in [-0.15, -0.1) is 11.3 Å². The summed E-state index contributed by atoms with van der Waals surface area (Å²) in [5.41, 5.74) is -0.129. The maximum absolute atomic E-state index is 11.6. The molecule has 2 N–H and O–H groups in total. The lowest BCUT2D eigenvalue weighted by molar-refractivity contribution is -0.144. The SMILES string of the molecule is CCC1CC1Nc1nc(C(CC)(CC)C(=O)O)cs1. The van der Waals surface area contributed by atoms with Crippen LogP contribution < -0.4 is 5.32 Å². The summed E-state index contributed by atoms with van der Waals surface area (Å²) in [4.78, 5) is 16.1. The van der Waals surface area contributed by atoms with Crippen molar-refractivity contribution in [3.8, 4) is 0 Å². The van der Waals surface area contributed by atoms with Gasteiger partial charge in [-0.25, -0.2) is 4.98 Å². The van der Waals surface area contributed by atoms with E-state index in [9.17, 15) is 9.90 Å². The average molecular weight is 282 g/mol. The predicted octanol–water partition coefficient (Wildman–Crippen LogP) is 3.50. The third-order valence-electron chi connectivity index (χ3n) is 4.37. The fraction of sp³-hybridized carbons (Fsp3) is 0.714. The number of carbonyl (C=O) groups is 1. The van der Waals surface area contributed by atoms with Crippen LogP contribution in [0.5, 0.6) is 0 Å². The molecule has 1 aliphatic rings. The minimum atomic E-state index is -0.829. The zero-order valence-electron chi connectivity index (χ0n) is 11.8. The molecule has 4 nitrogen and oxygen atoms in total. The number of thiazole rings is 1. The van der Waals surface area contributed by atoms with E-state index in [-0.39, 0.29) is 0 Å². The van der Waals surface area contributed by atoms with Gasteiger partial charge in [-0.1, -0.05) is 27.2 Å². The first-order valence-corrected chi connectivity index (χ1v) is 7.91. The highest BCUT2D eigenvalue weighted by molar-refractivity contribution is 7.13. The maximum Gasteiger partial charge on any atom is 0.315 e. The Morgan fingerprint density at radius 1 is 1.53 bits per heavy atom. The third kappa shape index (κ3) is 2.61. The highest BCUT2D eigenvalue weighted by atomic mass is 32.1. The van der Waals surface area contributed by atoms with Crippen LogP contribution in [0.2, 0.25) is 0 Å². The lowest BCUT2D eigenvalue weighted by Gasteiger charge is -2.24. The minimum absolute atomic E-state index is 0.534. The van der Waals surface area contributed by atoms with E-state index in [1.165, 1.54) is 24.2 Å². The van der Waals surface area contributed by atoms with E-state index >= 15 is 0 Å². The van der Waals surface area contributed by atoms with Crippen molar-refractivity contribution in [2.45, 2.75) is 57.9 Å². The van der Waals surface area contributed by atoms with Crippen molar-refractivity contribution in [2.24, 2.45) is 5.92 Å². The summed E-state index contributed by atoms with van der Waals surface area (Å²) in [5, 5.41) is 15.7. The first kappa shape index (κ1) is 14.3. The molecule has 0 aromatic carbocycles. The molecule has 1 heterocycles. The Hall–Kier alpha value is -1.10. The van der Waals surface area contributed by atoms with Crippen LogP contribution in [0.4, 0.5) is 5.13 Å². The van der Waals surface area contributed by atoms with Crippen molar-refractivity contribution in [3.05, 3.63) is 11.1 Å². The summed E-state index contributed by atoms with van der Waals surface area (Å²) >= 11 is 1.52. The van der Waals surface area contributed by atoms with Crippen molar-refractivity contribution < 1.29 is 9.90 Å². The second kappa shape index (κ2) is 5.49. The van der Waals surface area contributed by atoms with E-state index < -0.39 is 11.4 Å². The standard InChI is InChI=1S/C14H22N2O2S/c1-4-9-7-10(9)15-13-16-11(8-19-13)14(5-2,6-3)12(17)18/h8-10H,4-7H2,1-3H3,(H,15,16)(H,17,18). The molecule has 0 aliphatic heterocycles. The molecule has 1 aromatic heterocycles. The molecule has 2 rings (SSSR count). The lowest BCUT2D eigenvalue weighted by atomic mass is 9.80. The Labute approximate surface area is 118 Å². The van der Waals surface area contributed by atoms with Gasteiger partial charge in [0, 0.05) is 11.4 Å². The Kier molecular flexibility index (Phi) is 4.13. The fourth-order valence-electron chi connectivity index (χ4n) is 2.62. The number of aliphatic carboxylic acids is 1. The number of carboxylic acids is 1. The molecule has 5 heteroatoms. The van der Waals surface area contributed by atoms with E-state index in [0.29, 0.717) is 24.6 Å². The Morgan fingerprint density at radius 3 is 2.68 bits per heavy atom. The second-order valence-corrected chi connectivity index (χ2v) is 6.15. The molecule has 0 saturated heterocycles. The Morgan fingerprint density at radius 2 is 2.21 bits per heavy atom. The molecular formula is C14H22N2O2S. The number of rotatable bonds is 7. The average Bonchev–Trinajstić information content (AvgIpc) is 2.98. The lowest BCUT2D eigenvalue weighted by Crippen LogP contribution is -2.34. The van der Waals surface area contributed by atoms with Crippen molar-refractivity contribution in [1.29, 1.82) is 0 Å². The van der Waals surface area contributed by atoms with Gasteiger partial charge in [0.1, 0.15) is 5.41 Å². The smallest absolute Gasteiger partial charge is 0.315 e. The van der Waals surface area contributed by atoms with Gasteiger partial charge < -0.3 is 10.4 Å². The number of carboxylic acid groups (broad SMARTS) is 1. The Balaban J connectivity index is 2.13. The highest BCUT2D eigenvalue weighted by Crippen LogP contribution is 2.38. The van der Waals surface area contributed by atoms with E-state index in [2.05, 4.69) is 17.2 Å². The molecule has 0 radical (unpaired) electrons. The number of anilines is 1. The molecule has 1 saturated carbocycles. The predicted molar refractivity (Wildman–Crippen MR) is 77.8 cm³/mol. The van der Waals surface area contributed by atoms with Gasteiger partial charge in [-0.05, 0) is 25.2 Å². The van der Waals surface area contributed by atoms with Crippen molar-refractivity contribution in [3.63, 3.8) is 0 Å². The molecule has 1 aliphatic carbocycles. The fourth-order valence-corrected chi connectivity index (χ4v) is 3.49. The van der Waals surface area contributed by atoms with Crippen molar-refractivity contribution in [2.75, 3.05) is 5.32 Å². The zero-order valence-corrected chi connectivity index (χ0v) is 12.6. The van der Waals surface area contributed by atoms with E-state index in [4.69, 9.17) is 0 Å². The first-order chi connectivity index (χ1) is 9.07. The topological polar surface area (TPSA) is 62.2 Å². The van der Waals surface area contributed by atoms with E-state index in [1.807, 2.05) is 19.2 Å². The van der Waals surface area contributed by atoms with Gasteiger partial charge in [0.05, 0.1) is 5.69 Å². The molecular weight excluding hydrogens is 260 g/mol. The van der Waals surface area contributed by atoms with Crippen LogP contribution >= 0.6 is 11.3 Å². The van der Waals surface area contributed by atoms with Crippen LogP contribution in [-0.2, 0) is 10.2 Å². The van der Waals surface area contributed by atoms with Gasteiger partial charge in [-0.2, -0.15) is 0 Å². The van der Waals surface area contributed by atoms with Crippen LogP contribution in [0.15, 0.2) is 5.38 Å². The summed E-state index contributed by atoms with van der Waals surface area (Å²) in [6, 6.07) is 0.534. The minimum Gasteiger partial charge on any atom is -0.481 e. The van der Waals surface area contributed by atoms with Crippen molar-refractivity contribution in [1.82, 2.24) is 4.98 Å². The van der Waals surface area contributed by atoms with Crippen LogP contribution in [0.25, 0.3) is 0 Å². The number of nitrogens with zero attached hydrogens (tertiary/aromatic N) is 1. The molecule has 0 bridgehead atoms. The molecule has 106 valence electrons. The van der Waals surface area contributed by atoms with Crippen LogP contribution in [0.3, 0.4) is 0 Å². The highest BCUT2D eigenvalue weighted by Gasteiger charge is 2.40. The van der Waals surface area contributed by atoms with Gasteiger partial charge >= 0.3 is 5.97 Å². The second-order valence-electron chi connectivity index (χ2n) is 5.29. The maximum atomic E-state index is 11.6. The largest absolute Gasteiger partial charge is 0.481 e. The molecule has 19 heavy (non-hydrogen) atoms. The number of hydrogen-bond acceptors (Lipinski definition) is 4. The van der Waals surface area contributed by atoms with Gasteiger partial charge in [0.15, 0.2) is 5.13 Å². The first-order valence-electron chi connectivity index (χ1n) is 7.03. The third-order valence-corrected chi connectivity index (χ3v) is 5.14. The van der Waals surface area contributed by atoms with Crippen molar-refractivity contribution >= 4 is 22.4 Å². The van der Waals surface area contributed by atoms with Gasteiger partial charge in [0.25, 0.3) is 0 Å². The number of nitrogens with one attached hydrogen (secondary N) is 1. The van der Waals surface area contributed by atoms with Gasteiger partial charge in [0.2, 0.25) is 0 Å². The summed E-state index contributed by atoms with van der Waals surface area (Å²) in [6.45, 7) is 6.03. The molecule has 2 unspecified atom stereocenters. The monoisotopic (exact) mass is 282 g/mol. The van der Waals surface area contributed by atoms with E-state index in [0.717, 1.165) is 11.0 Å². The number of aromatic nitrogens is 1. The molecule has 2 atom stereocenters. The summed E-state index contributed by atoms with van der Waals surface area (Å²) in [7, 11) is 0. The summed E-state index contributed by atoms with van der Waals surface area (Å²) in [6.07, 6.45) is 3.54. The van der Waals surface area contributed by atoms with E-state index in [1.54, 1.807) is 0 Å². The van der Waals surface area contributed by atoms with Crippen LogP contribution in [0.1, 0.15) is 52.1 Å². The Bertz CT molecular complexity index is 454. The summed E-state index contributed by atoms with van der Waals surface area (Å²) < 4.78 is 0. The quantitative estimate of drug-likeness (QED) is 0.803. The zero-order chi connectivity index (χ0) is 14.0. The molecule has 0 amide bonds. The number of hydrogen-bond donors (Lipinski definition) is 2. The molecule has 1 aromatic rings. The summed E-state index contributed by atoms with van der Waals surface area (Å²) in [5.74, 6) is -0.0128. The van der Waals surface area contributed by atoms with Crippen LogP contribution in [0, 0.1) is 5.92 Å². The molecule has 0 spiro atoms. The normalized spacial score (nSPS) is 22.3. The molecule has 1 fully saturated rings.